The summed E-state index contributed by atoms with van der Waals surface area (Å²) in [5, 5.41) is 75.5. The molecule has 29 heteroatoms. The number of imide groups is 4. The molecule has 12 aliphatic rings. The van der Waals surface area contributed by atoms with Gasteiger partial charge in [0.15, 0.2) is 0 Å². The number of aromatic hydroxyl groups is 4. The molecule has 7 N–H and O–H groups in total. The fourth-order valence-electron chi connectivity index (χ4n) is 22.7. The third kappa shape index (κ3) is 15.6. The quantitative estimate of drug-likeness (QED) is 0.00552. The van der Waals surface area contributed by atoms with Crippen LogP contribution in [-0.4, -0.2) is 254 Å². The van der Waals surface area contributed by atoms with E-state index in [1.54, 1.807) is 52.0 Å². The lowest BCUT2D eigenvalue weighted by molar-refractivity contribution is -0.318. The minimum Gasteiger partial charge on any atom is -0.507 e. The Morgan fingerprint density at radius 1 is 0.408 bits per heavy atom. The minimum absolute atomic E-state index is 0.0500. The second-order valence-electron chi connectivity index (χ2n) is 39.0. The van der Waals surface area contributed by atoms with Gasteiger partial charge in [-0.1, -0.05) is 133 Å². The molecule has 4 aromatic carbocycles. The van der Waals surface area contributed by atoms with Crippen LogP contribution < -0.4 is 0 Å². The SMILES string of the molecule is Cc1cc(C(c2cc(C)c(O)c(C)c2)C23C=CC(O2)C2=C3C(=O)N(CCC(C)CC(C)(C)CN3C(=O)C4C5C=CC(COCC(O)COOCC(O)COCOCC(O)COCC67C=CC(O6)C6C(=O)N(CCC(C)CC(C)(C)CN8C(=O)C9C%10C=CC(C(c%11cc(C)c(O)c(C)c%11)c%11cc(C)c(O)c(C)c%11)(O%10)C9C8=O)C(=O)C67)(O5)C4C3=O)C2=O)cc(C)c1O. The van der Waals surface area contributed by atoms with Gasteiger partial charge in [-0.15, -0.1) is 0 Å². The monoisotopic (exact) mass is 1720 g/mol. The predicted molar refractivity (Wildman–Crippen MR) is 449 cm³/mol. The number of aliphatic hydroxyl groups excluding tert-OH is 3. The first-order chi connectivity index (χ1) is 59.1. The van der Waals surface area contributed by atoms with Gasteiger partial charge in [0.2, 0.25) is 35.4 Å². The normalized spacial score (nSPS) is 29.6. The van der Waals surface area contributed by atoms with Gasteiger partial charge >= 0.3 is 0 Å². The zero-order valence-electron chi connectivity index (χ0n) is 73.3. The smallest absolute Gasteiger partial charge is 0.260 e. The van der Waals surface area contributed by atoms with Crippen LogP contribution in [-0.2, 0) is 86.0 Å². The first kappa shape index (κ1) is 89.2. The third-order valence-electron chi connectivity index (χ3n) is 28.0. The fourth-order valence-corrected chi connectivity index (χ4v) is 22.7. The van der Waals surface area contributed by atoms with Gasteiger partial charge in [-0.25, -0.2) is 9.78 Å². The molecular formula is C96H116N4O25. The Morgan fingerprint density at radius 2 is 0.768 bits per heavy atom. The number of rotatable bonds is 39. The lowest BCUT2D eigenvalue weighted by atomic mass is 9.66. The van der Waals surface area contributed by atoms with E-state index in [1.807, 2.05) is 142 Å². The molecule has 0 spiro atoms. The van der Waals surface area contributed by atoms with Gasteiger partial charge in [0.25, 0.3) is 11.8 Å². The first-order valence-corrected chi connectivity index (χ1v) is 43.6. The molecule has 19 atom stereocenters. The Labute approximate surface area is 726 Å². The number of ether oxygens (including phenoxy) is 8. The molecule has 670 valence electrons. The molecule has 8 bridgehead atoms. The number of phenols is 4. The van der Waals surface area contributed by atoms with E-state index in [0.29, 0.717) is 75.8 Å². The van der Waals surface area contributed by atoms with Crippen molar-refractivity contribution >= 4 is 47.3 Å². The van der Waals surface area contributed by atoms with Crippen LogP contribution in [0.1, 0.15) is 146 Å². The zero-order chi connectivity index (χ0) is 89.5. The van der Waals surface area contributed by atoms with Crippen LogP contribution in [0.2, 0.25) is 0 Å². The van der Waals surface area contributed by atoms with Crippen molar-refractivity contribution in [1.82, 2.24) is 19.6 Å². The number of nitrogens with zero attached hydrogens (tertiary/aromatic N) is 4. The lowest BCUT2D eigenvalue weighted by Crippen LogP contribution is -2.47. The summed E-state index contributed by atoms with van der Waals surface area (Å²) in [6, 6.07) is 15.0. The Kier molecular flexibility index (Phi) is 23.9. The summed E-state index contributed by atoms with van der Waals surface area (Å²) in [5.41, 5.74) is 2.58. The van der Waals surface area contributed by atoms with Gasteiger partial charge in [0.1, 0.15) is 89.8 Å². The third-order valence-corrected chi connectivity index (χ3v) is 28.0. The molecule has 6 saturated heterocycles. The summed E-state index contributed by atoms with van der Waals surface area (Å²) in [6.07, 6.45) is 10.3. The van der Waals surface area contributed by atoms with E-state index in [9.17, 15) is 74.1 Å². The maximum absolute atomic E-state index is 15.0. The number of carbonyl (C=O) groups is 8. The first-order valence-electron chi connectivity index (χ1n) is 43.6. The van der Waals surface area contributed by atoms with Gasteiger partial charge in [-0.3, -0.25) is 58.0 Å². The van der Waals surface area contributed by atoms with Crippen molar-refractivity contribution in [3.8, 4) is 23.0 Å². The number of likely N-dealkylation sites (tertiary alicyclic amines) is 3. The highest BCUT2D eigenvalue weighted by Crippen LogP contribution is 2.62. The van der Waals surface area contributed by atoms with E-state index in [2.05, 4.69) is 0 Å². The highest BCUT2D eigenvalue weighted by molar-refractivity contribution is 6.22. The van der Waals surface area contributed by atoms with E-state index in [1.165, 1.54) is 19.6 Å². The number of carbonyl (C=O) groups excluding carboxylic acids is 8. The van der Waals surface area contributed by atoms with Gasteiger partial charge in [0, 0.05) is 38.0 Å². The molecule has 6 fully saturated rings. The van der Waals surface area contributed by atoms with Crippen LogP contribution in [0.25, 0.3) is 0 Å². The van der Waals surface area contributed by atoms with Crippen molar-refractivity contribution < 1.29 is 122 Å². The molecule has 0 aromatic heterocycles. The number of fused-ring (bicyclic) bond motifs is 19. The summed E-state index contributed by atoms with van der Waals surface area (Å²) < 4.78 is 48.9. The Morgan fingerprint density at radius 3 is 1.21 bits per heavy atom. The second-order valence-corrected chi connectivity index (χ2v) is 39.0. The fraction of sp³-hybridized carbons (Fsp3) is 0.562. The number of benzene rings is 4. The average molecular weight is 1730 g/mol. The largest absolute Gasteiger partial charge is 0.507 e. The van der Waals surface area contributed by atoms with Gasteiger partial charge in [-0.05, 0) is 177 Å². The number of hydrogen-bond acceptors (Lipinski definition) is 25. The molecule has 8 amide bonds. The van der Waals surface area contributed by atoms with Crippen LogP contribution >= 0.6 is 0 Å². The molecule has 0 aliphatic carbocycles. The standard InChI is InChI=1S/C96H116N4O25/c1-48(36-92(13,14)44-100-86(111)72-68-18-24-96(125-68,78(72)90(100)115)74(60-31-54(7)81(106)55(8)32-60)61-33-56(9)82(107)57(10)34-61)19-25-97-83(108)69-65-15-21-93(122-65,75(69)87(97)112)45-116-37-62(101)39-118-47-119-40-64(103)42-121-120-41-63(102)38-117-46-94-22-16-66(123-94)70-76(94)88(113)99(85(70)110)43-91(11,12)35-49(2)20-26-98-84(109)71-67-17-23-95(124-67,77(71)89(98)114)73(58-27-50(3)79(104)51(4)28-58)59-29-52(5)80(105)53(6)30-59/h15-18,21-24,27-34,48-49,62-70,72-76,78,101-107H,19-20,25-26,35-47H2,1-14H3. The second kappa shape index (κ2) is 33.5. The molecule has 0 saturated carbocycles. The van der Waals surface area contributed by atoms with Crippen molar-refractivity contribution in [1.29, 1.82) is 0 Å². The van der Waals surface area contributed by atoms with Crippen LogP contribution in [0, 0.1) is 114 Å². The molecule has 0 radical (unpaired) electrons. The highest BCUT2D eigenvalue weighted by Gasteiger charge is 2.72. The number of hydrogen-bond donors (Lipinski definition) is 7. The number of aryl methyl sites for hydroxylation is 8. The number of amides is 8. The van der Waals surface area contributed by atoms with E-state index in [-0.39, 0.29) is 156 Å². The highest BCUT2D eigenvalue weighted by atomic mass is 17.2. The van der Waals surface area contributed by atoms with Crippen LogP contribution in [0.3, 0.4) is 0 Å². The zero-order valence-corrected chi connectivity index (χ0v) is 73.3. The molecule has 29 nitrogen and oxygen atoms in total. The van der Waals surface area contributed by atoms with Crippen molar-refractivity contribution in [3.05, 3.63) is 175 Å². The molecule has 4 aromatic rings. The minimum atomic E-state index is -1.36. The molecule has 19 unspecified atom stereocenters. The molecule has 125 heavy (non-hydrogen) atoms. The van der Waals surface area contributed by atoms with Crippen molar-refractivity contribution in [2.24, 2.45) is 58.2 Å². The lowest BCUT2D eigenvalue weighted by Gasteiger charge is -2.39. The maximum atomic E-state index is 15.0. The van der Waals surface area contributed by atoms with Crippen LogP contribution in [0.5, 0.6) is 23.0 Å². The van der Waals surface area contributed by atoms with Crippen molar-refractivity contribution in [2.75, 3.05) is 85.8 Å². The summed E-state index contributed by atoms with van der Waals surface area (Å²) in [4.78, 5) is 131. The van der Waals surface area contributed by atoms with E-state index in [0.717, 1.165) is 22.3 Å². The average Bonchev–Trinajstić information content (AvgIpc) is 1.55. The molecular weight excluding hydrogens is 1610 g/mol. The summed E-state index contributed by atoms with van der Waals surface area (Å²) in [5.74, 6) is -8.46. The van der Waals surface area contributed by atoms with Gasteiger partial charge < -0.3 is 73.6 Å². The van der Waals surface area contributed by atoms with E-state index >= 15 is 0 Å². The van der Waals surface area contributed by atoms with E-state index in [4.69, 9.17) is 47.7 Å². The number of phenolic OH excluding ortho intramolecular Hbond substituents is 4. The Bertz CT molecular complexity index is 5010. The molecule has 12 heterocycles. The summed E-state index contributed by atoms with van der Waals surface area (Å²) in [6.45, 7) is 24.8. The van der Waals surface area contributed by atoms with Crippen LogP contribution in [0.4, 0.5) is 0 Å². The topological polar surface area (TPSA) is 383 Å². The number of aliphatic hydroxyl groups is 3. The molecule has 12 aliphatic heterocycles. The maximum Gasteiger partial charge on any atom is 0.260 e. The Balaban J connectivity index is 0.427. The Hall–Kier alpha value is -9.18. The predicted octanol–water partition coefficient (Wildman–Crippen LogP) is 8.18. The van der Waals surface area contributed by atoms with Crippen molar-refractivity contribution in [2.45, 2.75) is 200 Å². The molecule has 16 rings (SSSR count). The van der Waals surface area contributed by atoms with Crippen molar-refractivity contribution in [3.63, 3.8) is 0 Å². The van der Waals surface area contributed by atoms with E-state index < -0.39 is 141 Å². The van der Waals surface area contributed by atoms with Gasteiger partial charge in [-0.2, -0.15) is 0 Å². The summed E-state index contributed by atoms with van der Waals surface area (Å²) in [7, 11) is 0. The summed E-state index contributed by atoms with van der Waals surface area (Å²) >= 11 is 0. The van der Waals surface area contributed by atoms with Gasteiger partial charge in [0.05, 0.1) is 105 Å². The van der Waals surface area contributed by atoms with Crippen LogP contribution in [0.15, 0.2) is 108 Å².